The Morgan fingerprint density at radius 3 is 2.90 bits per heavy atom. The van der Waals surface area contributed by atoms with Gasteiger partial charge in [-0.25, -0.2) is 4.68 Å². The Kier molecular flexibility index (Phi) is 5.74. The highest BCUT2D eigenvalue weighted by atomic mass is 79.9. The smallest absolute Gasteiger partial charge is 0.204 e. The topological polar surface area (TPSA) is 42.3 Å². The second kappa shape index (κ2) is 7.35. The fourth-order valence-corrected chi connectivity index (χ4v) is 3.29. The summed E-state index contributed by atoms with van der Waals surface area (Å²) < 4.78 is 9.01. The van der Waals surface area contributed by atoms with Gasteiger partial charge in [0.15, 0.2) is 3.95 Å². The minimum Gasteiger partial charge on any atom is -0.496 e. The average molecular weight is 389 g/mol. The van der Waals surface area contributed by atoms with Gasteiger partial charge < -0.3 is 10.1 Å². The van der Waals surface area contributed by atoms with Crippen molar-refractivity contribution in [1.82, 2.24) is 14.7 Å². The van der Waals surface area contributed by atoms with Crippen LogP contribution in [-0.4, -0.2) is 35.9 Å². The van der Waals surface area contributed by atoms with Gasteiger partial charge >= 0.3 is 0 Å². The van der Waals surface area contributed by atoms with Crippen LogP contribution in [0.25, 0.3) is 0 Å². The fourth-order valence-electron chi connectivity index (χ4n) is 1.94. The molecular weight excluding hydrogens is 372 g/mol. The Balaban J connectivity index is 2.11. The summed E-state index contributed by atoms with van der Waals surface area (Å²) in [6.45, 7) is 1.38. The molecule has 21 heavy (non-hydrogen) atoms. The molecule has 8 heteroatoms. The van der Waals surface area contributed by atoms with Crippen LogP contribution in [0.4, 0.5) is 5.13 Å². The summed E-state index contributed by atoms with van der Waals surface area (Å²) in [5.74, 6) is 0.878. The third-order valence-electron chi connectivity index (χ3n) is 2.88. The van der Waals surface area contributed by atoms with Crippen LogP contribution in [0.3, 0.4) is 0 Å². The Bertz CT molecular complexity index is 670. The molecule has 0 aliphatic carbocycles. The van der Waals surface area contributed by atoms with E-state index in [0.29, 0.717) is 6.67 Å². The highest BCUT2D eigenvalue weighted by Crippen LogP contribution is 2.24. The lowest BCUT2D eigenvalue weighted by Gasteiger charge is -2.18. The van der Waals surface area contributed by atoms with Crippen molar-refractivity contribution in [3.8, 4) is 5.75 Å². The molecular formula is C13H17BrN4OS2. The van der Waals surface area contributed by atoms with Crippen molar-refractivity contribution in [2.45, 2.75) is 13.2 Å². The van der Waals surface area contributed by atoms with E-state index in [1.807, 2.05) is 30.9 Å². The molecule has 1 aromatic carbocycles. The summed E-state index contributed by atoms with van der Waals surface area (Å²) in [5, 5.41) is 8.25. The molecule has 0 aliphatic heterocycles. The van der Waals surface area contributed by atoms with Gasteiger partial charge in [-0.1, -0.05) is 27.3 Å². The van der Waals surface area contributed by atoms with Crippen molar-refractivity contribution in [3.05, 3.63) is 32.2 Å². The van der Waals surface area contributed by atoms with E-state index in [4.69, 9.17) is 17.0 Å². The molecule has 0 fully saturated rings. The molecule has 0 radical (unpaired) electrons. The monoisotopic (exact) mass is 388 g/mol. The number of nitrogens with zero attached hydrogens (tertiary/aromatic N) is 3. The summed E-state index contributed by atoms with van der Waals surface area (Å²) in [7, 11) is 5.55. The molecule has 1 aromatic heterocycles. The molecule has 1 heterocycles. The molecule has 0 aliphatic rings. The molecule has 0 saturated heterocycles. The van der Waals surface area contributed by atoms with Gasteiger partial charge in [-0.05, 0) is 37.5 Å². The van der Waals surface area contributed by atoms with Crippen LogP contribution in [0.15, 0.2) is 22.7 Å². The number of methoxy groups -OCH3 is 1. The van der Waals surface area contributed by atoms with Crippen molar-refractivity contribution in [1.29, 1.82) is 0 Å². The third kappa shape index (κ3) is 4.26. The van der Waals surface area contributed by atoms with Gasteiger partial charge in [0.05, 0.1) is 13.8 Å². The fraction of sp³-hybridized carbons (Fsp3) is 0.385. The highest BCUT2D eigenvalue weighted by molar-refractivity contribution is 9.10. The first-order chi connectivity index (χ1) is 10.0. The average Bonchev–Trinajstić information content (AvgIpc) is 2.79. The van der Waals surface area contributed by atoms with Gasteiger partial charge in [-0.2, -0.15) is 0 Å². The zero-order valence-electron chi connectivity index (χ0n) is 12.1. The van der Waals surface area contributed by atoms with Gasteiger partial charge in [0.25, 0.3) is 0 Å². The van der Waals surface area contributed by atoms with E-state index in [1.54, 1.807) is 7.11 Å². The minimum absolute atomic E-state index is 0.632. The number of hydrogen-bond acceptors (Lipinski definition) is 6. The summed E-state index contributed by atoms with van der Waals surface area (Å²) in [6.07, 6.45) is 0. The van der Waals surface area contributed by atoms with Crippen LogP contribution >= 0.6 is 39.5 Å². The number of nitrogens with one attached hydrogen (secondary N) is 1. The van der Waals surface area contributed by atoms with E-state index in [2.05, 4.69) is 37.3 Å². The lowest BCUT2D eigenvalue weighted by Crippen LogP contribution is -2.22. The first kappa shape index (κ1) is 16.4. The molecule has 0 spiro atoms. The molecule has 2 rings (SSSR count). The minimum atomic E-state index is 0.632. The molecule has 0 unspecified atom stereocenters. The quantitative estimate of drug-likeness (QED) is 0.765. The molecule has 0 saturated carbocycles. The number of aromatic nitrogens is 2. The lowest BCUT2D eigenvalue weighted by molar-refractivity contribution is 0.242. The maximum absolute atomic E-state index is 5.40. The summed E-state index contributed by atoms with van der Waals surface area (Å²) in [6, 6.07) is 5.99. The summed E-state index contributed by atoms with van der Waals surface area (Å²) >= 11 is 10.3. The van der Waals surface area contributed by atoms with Crippen molar-refractivity contribution >= 4 is 44.6 Å². The highest BCUT2D eigenvalue weighted by Gasteiger charge is 2.09. The Labute approximate surface area is 141 Å². The van der Waals surface area contributed by atoms with E-state index in [-0.39, 0.29) is 0 Å². The van der Waals surface area contributed by atoms with Crippen LogP contribution in [-0.2, 0) is 13.2 Å². The Morgan fingerprint density at radius 2 is 2.29 bits per heavy atom. The first-order valence-electron chi connectivity index (χ1n) is 6.30. The van der Waals surface area contributed by atoms with Crippen LogP contribution in [0.1, 0.15) is 5.56 Å². The van der Waals surface area contributed by atoms with Gasteiger partial charge in [0.2, 0.25) is 5.13 Å². The van der Waals surface area contributed by atoms with E-state index in [0.717, 1.165) is 31.4 Å². The van der Waals surface area contributed by atoms with Crippen molar-refractivity contribution < 1.29 is 4.74 Å². The van der Waals surface area contributed by atoms with E-state index in [9.17, 15) is 0 Å². The first-order valence-corrected chi connectivity index (χ1v) is 8.32. The van der Waals surface area contributed by atoms with Crippen LogP contribution in [0, 0.1) is 3.95 Å². The molecule has 5 nitrogen and oxygen atoms in total. The molecule has 0 bridgehead atoms. The zero-order valence-corrected chi connectivity index (χ0v) is 15.3. The maximum atomic E-state index is 5.40. The van der Waals surface area contributed by atoms with Crippen LogP contribution in [0.5, 0.6) is 5.75 Å². The molecule has 0 atom stereocenters. The predicted octanol–water partition coefficient (Wildman–Crippen LogP) is 3.58. The van der Waals surface area contributed by atoms with Crippen LogP contribution in [0.2, 0.25) is 0 Å². The van der Waals surface area contributed by atoms with Crippen molar-refractivity contribution in [2.24, 2.45) is 0 Å². The normalized spacial score (nSPS) is 10.9. The van der Waals surface area contributed by atoms with Crippen LogP contribution < -0.4 is 10.1 Å². The molecule has 1 N–H and O–H groups in total. The second-order valence-electron chi connectivity index (χ2n) is 4.53. The number of benzene rings is 1. The van der Waals surface area contributed by atoms with Crippen molar-refractivity contribution in [3.63, 3.8) is 0 Å². The predicted molar refractivity (Wildman–Crippen MR) is 92.6 cm³/mol. The van der Waals surface area contributed by atoms with E-state index < -0.39 is 0 Å². The summed E-state index contributed by atoms with van der Waals surface area (Å²) in [4.78, 5) is 2.14. The number of anilines is 1. The van der Waals surface area contributed by atoms with E-state index >= 15 is 0 Å². The largest absolute Gasteiger partial charge is 0.496 e. The number of ether oxygens (including phenoxy) is 1. The van der Waals surface area contributed by atoms with Gasteiger partial charge in [0.1, 0.15) is 5.75 Å². The summed E-state index contributed by atoms with van der Waals surface area (Å²) in [5.41, 5.74) is 1.12. The lowest BCUT2D eigenvalue weighted by atomic mass is 10.2. The van der Waals surface area contributed by atoms with Gasteiger partial charge in [-0.3, -0.25) is 4.90 Å². The SMILES string of the molecule is CNc1nn(CN(C)Cc2cc(Br)ccc2OC)c(=S)s1. The maximum Gasteiger partial charge on any atom is 0.204 e. The second-order valence-corrected chi connectivity index (χ2v) is 7.07. The van der Waals surface area contributed by atoms with E-state index in [1.165, 1.54) is 11.3 Å². The van der Waals surface area contributed by atoms with Crippen molar-refractivity contribution in [2.75, 3.05) is 26.5 Å². The zero-order chi connectivity index (χ0) is 15.4. The number of rotatable bonds is 6. The molecule has 2 aromatic rings. The standard InChI is InChI=1S/C13H17BrN4OS2/c1-15-12-16-18(13(20)21-12)8-17(2)7-9-6-10(14)4-5-11(9)19-3/h4-6H,7-8H2,1-3H3,(H,15,16). The molecule has 0 amide bonds. The Morgan fingerprint density at radius 1 is 1.52 bits per heavy atom. The third-order valence-corrected chi connectivity index (χ3v) is 4.70. The molecule has 114 valence electrons. The van der Waals surface area contributed by atoms with Gasteiger partial charge in [-0.15, -0.1) is 5.10 Å². The number of hydrogen-bond donors (Lipinski definition) is 1. The number of halogens is 1. The van der Waals surface area contributed by atoms with Gasteiger partial charge in [0, 0.05) is 23.6 Å². The Hall–Kier alpha value is -0.960.